The van der Waals surface area contributed by atoms with Crippen LogP contribution in [-0.4, -0.2) is 39.8 Å². The molecule has 1 saturated heterocycles. The second-order valence-electron chi connectivity index (χ2n) is 4.65. The molecule has 0 N–H and O–H groups in total. The van der Waals surface area contributed by atoms with Crippen LogP contribution < -0.4 is 0 Å². The number of hydrogen-bond donors (Lipinski definition) is 0. The summed E-state index contributed by atoms with van der Waals surface area (Å²) in [6.45, 7) is 7.39. The molecule has 0 atom stereocenters. The Morgan fingerprint density at radius 1 is 1.31 bits per heavy atom. The van der Waals surface area contributed by atoms with Crippen LogP contribution in [0.1, 0.15) is 19.5 Å². The summed E-state index contributed by atoms with van der Waals surface area (Å²) in [6, 6.07) is 2.14. The van der Waals surface area contributed by atoms with E-state index in [9.17, 15) is 0 Å². The number of hydrogen-bond acceptors (Lipinski definition) is 3. The Bertz CT molecular complexity index is 344. The van der Waals surface area contributed by atoms with Crippen molar-refractivity contribution in [3.8, 4) is 0 Å². The quantitative estimate of drug-likeness (QED) is 0.692. The first-order chi connectivity index (χ1) is 7.77. The number of nitrogens with zero attached hydrogens (tertiary/aromatic N) is 3. The minimum absolute atomic E-state index is 0.511. The van der Waals surface area contributed by atoms with Crippen LogP contribution in [0.3, 0.4) is 0 Å². The molecule has 0 saturated carbocycles. The maximum absolute atomic E-state index is 4.41. The smallest absolute Gasteiger partial charge is 0.0524 e. The molecule has 0 unspecified atom stereocenters. The molecule has 3 heterocycles. The molecule has 1 spiro atoms. The average Bonchev–Trinajstić information content (AvgIpc) is 2.59. The monoisotopic (exact) mass is 239 g/mol. The summed E-state index contributed by atoms with van der Waals surface area (Å²) in [6.07, 6.45) is 1.92. The Morgan fingerprint density at radius 2 is 2.06 bits per heavy atom. The van der Waals surface area contributed by atoms with Gasteiger partial charge in [-0.15, -0.1) is 0 Å². The van der Waals surface area contributed by atoms with Gasteiger partial charge in [0.25, 0.3) is 0 Å². The highest BCUT2D eigenvalue weighted by Gasteiger charge is 2.41. The highest BCUT2D eigenvalue weighted by Crippen LogP contribution is 2.41. The lowest BCUT2D eigenvalue weighted by Gasteiger charge is -2.41. The van der Waals surface area contributed by atoms with Crippen molar-refractivity contribution in [2.45, 2.75) is 26.9 Å². The summed E-state index contributed by atoms with van der Waals surface area (Å²) in [4.78, 5) is 2.43. The zero-order valence-electron chi connectivity index (χ0n) is 10.4. The Kier molecular flexibility index (Phi) is 3.60. The van der Waals surface area contributed by atoms with Crippen molar-refractivity contribution >= 4 is 11.8 Å². The van der Waals surface area contributed by atoms with Crippen LogP contribution in [0.15, 0.2) is 12.3 Å². The molecule has 3 rings (SSSR count). The fraction of sp³-hybridized carbons (Fsp3) is 0.750. The fourth-order valence-electron chi connectivity index (χ4n) is 2.48. The number of rotatable bonds is 0. The average molecular weight is 239 g/mol. The Hall–Kier alpha value is -0.480. The van der Waals surface area contributed by atoms with Crippen molar-refractivity contribution in [2.75, 3.05) is 25.1 Å². The van der Waals surface area contributed by atoms with Gasteiger partial charge in [0.15, 0.2) is 0 Å². The van der Waals surface area contributed by atoms with Gasteiger partial charge >= 0.3 is 0 Å². The molecule has 0 radical (unpaired) electrons. The van der Waals surface area contributed by atoms with E-state index >= 15 is 0 Å². The molecule has 2 aliphatic heterocycles. The summed E-state index contributed by atoms with van der Waals surface area (Å²) in [5, 5.41) is 4.41. The van der Waals surface area contributed by atoms with Gasteiger partial charge in [-0.25, -0.2) is 0 Å². The summed E-state index contributed by atoms with van der Waals surface area (Å²) < 4.78 is 2.20. The maximum atomic E-state index is 4.41. The molecule has 0 aromatic carbocycles. The molecule has 16 heavy (non-hydrogen) atoms. The number of aromatic nitrogens is 2. The molecule has 1 aromatic heterocycles. The van der Waals surface area contributed by atoms with E-state index in [4.69, 9.17) is 0 Å². The third-order valence-electron chi connectivity index (χ3n) is 3.14. The standard InChI is InChI=1S/C10H15N3S.C2H6/c1-12-4-9-2-3-11-13(9)6-10(5-12)7-14-8-10;1-2/h2-3H,4-8H2,1H3;1-2H3. The number of thioether (sulfide) groups is 1. The Labute approximate surface area is 102 Å². The van der Waals surface area contributed by atoms with E-state index in [1.165, 1.54) is 23.7 Å². The zero-order chi connectivity index (χ0) is 11.6. The maximum Gasteiger partial charge on any atom is 0.0524 e. The largest absolute Gasteiger partial charge is 0.300 e. The first-order valence-corrected chi connectivity index (χ1v) is 7.20. The van der Waals surface area contributed by atoms with Gasteiger partial charge in [-0.2, -0.15) is 16.9 Å². The van der Waals surface area contributed by atoms with Gasteiger partial charge in [-0.3, -0.25) is 9.58 Å². The lowest BCUT2D eigenvalue weighted by atomic mass is 9.91. The van der Waals surface area contributed by atoms with Crippen molar-refractivity contribution in [1.29, 1.82) is 0 Å². The predicted octanol–water partition coefficient (Wildman–Crippen LogP) is 2.09. The molecule has 1 aromatic rings. The van der Waals surface area contributed by atoms with Crippen molar-refractivity contribution in [1.82, 2.24) is 14.7 Å². The highest BCUT2D eigenvalue weighted by atomic mass is 32.2. The number of fused-ring (bicyclic) bond motifs is 1. The van der Waals surface area contributed by atoms with Crippen LogP contribution in [0, 0.1) is 5.41 Å². The second kappa shape index (κ2) is 4.80. The molecule has 2 aliphatic rings. The zero-order valence-corrected chi connectivity index (χ0v) is 11.3. The van der Waals surface area contributed by atoms with E-state index < -0.39 is 0 Å². The van der Waals surface area contributed by atoms with Crippen molar-refractivity contribution in [3.05, 3.63) is 18.0 Å². The van der Waals surface area contributed by atoms with Gasteiger partial charge in [0.05, 0.1) is 5.69 Å². The van der Waals surface area contributed by atoms with Gasteiger partial charge in [0.2, 0.25) is 0 Å². The van der Waals surface area contributed by atoms with E-state index in [0.29, 0.717) is 5.41 Å². The molecule has 1 fully saturated rings. The van der Waals surface area contributed by atoms with Gasteiger partial charge in [0, 0.05) is 42.8 Å². The normalized spacial score (nSPS) is 22.7. The summed E-state index contributed by atoms with van der Waals surface area (Å²) in [5.41, 5.74) is 1.87. The van der Waals surface area contributed by atoms with Gasteiger partial charge in [-0.05, 0) is 13.1 Å². The summed E-state index contributed by atoms with van der Waals surface area (Å²) in [5.74, 6) is 2.60. The van der Waals surface area contributed by atoms with Crippen molar-refractivity contribution < 1.29 is 0 Å². The van der Waals surface area contributed by atoms with Gasteiger partial charge in [0.1, 0.15) is 0 Å². The topological polar surface area (TPSA) is 21.1 Å². The Morgan fingerprint density at radius 3 is 2.69 bits per heavy atom. The van der Waals surface area contributed by atoms with Crippen LogP contribution in [0.2, 0.25) is 0 Å². The van der Waals surface area contributed by atoms with Crippen LogP contribution in [-0.2, 0) is 13.1 Å². The summed E-state index contributed by atoms with van der Waals surface area (Å²) >= 11 is 2.06. The molecule has 0 aliphatic carbocycles. The Balaban J connectivity index is 0.000000457. The third-order valence-corrected chi connectivity index (χ3v) is 4.78. The molecule has 90 valence electrons. The molecular weight excluding hydrogens is 218 g/mol. The molecular formula is C12H21N3S. The van der Waals surface area contributed by atoms with Crippen LogP contribution in [0.5, 0.6) is 0 Å². The molecule has 4 heteroatoms. The minimum Gasteiger partial charge on any atom is -0.300 e. The minimum atomic E-state index is 0.511. The molecule has 3 nitrogen and oxygen atoms in total. The van der Waals surface area contributed by atoms with E-state index in [2.05, 4.69) is 39.6 Å². The SMILES string of the molecule is CC.CN1Cc2ccnn2CC2(CSC2)C1. The molecule has 0 bridgehead atoms. The van der Waals surface area contributed by atoms with Crippen LogP contribution in [0.4, 0.5) is 0 Å². The second-order valence-corrected chi connectivity index (χ2v) is 5.63. The van der Waals surface area contributed by atoms with E-state index in [1.807, 2.05) is 20.0 Å². The van der Waals surface area contributed by atoms with E-state index in [-0.39, 0.29) is 0 Å². The van der Waals surface area contributed by atoms with Crippen molar-refractivity contribution in [3.63, 3.8) is 0 Å². The highest BCUT2D eigenvalue weighted by molar-refractivity contribution is 8.00. The van der Waals surface area contributed by atoms with Crippen LogP contribution in [0.25, 0.3) is 0 Å². The predicted molar refractivity (Wildman–Crippen MR) is 69.7 cm³/mol. The van der Waals surface area contributed by atoms with Gasteiger partial charge in [-0.1, -0.05) is 13.8 Å². The van der Waals surface area contributed by atoms with E-state index in [0.717, 1.165) is 13.1 Å². The third kappa shape index (κ3) is 2.13. The first kappa shape index (κ1) is 12.0. The summed E-state index contributed by atoms with van der Waals surface area (Å²) in [7, 11) is 2.22. The fourth-order valence-corrected chi connectivity index (χ4v) is 3.63. The van der Waals surface area contributed by atoms with Crippen LogP contribution >= 0.6 is 11.8 Å². The van der Waals surface area contributed by atoms with Gasteiger partial charge < -0.3 is 0 Å². The lowest BCUT2D eigenvalue weighted by molar-refractivity contribution is 0.199. The molecule has 0 amide bonds. The first-order valence-electron chi connectivity index (χ1n) is 6.04. The van der Waals surface area contributed by atoms with Crippen molar-refractivity contribution in [2.24, 2.45) is 5.41 Å². The van der Waals surface area contributed by atoms with E-state index in [1.54, 1.807) is 0 Å². The lowest BCUT2D eigenvalue weighted by Crippen LogP contribution is -2.46.